The first kappa shape index (κ1) is 23.8. The second-order valence-corrected chi connectivity index (χ2v) is 9.68. The van der Waals surface area contributed by atoms with Crippen molar-refractivity contribution in [2.75, 3.05) is 42.3 Å². The van der Waals surface area contributed by atoms with Crippen molar-refractivity contribution in [1.82, 2.24) is 19.9 Å². The van der Waals surface area contributed by atoms with E-state index in [2.05, 4.69) is 30.5 Å². The molecule has 1 saturated heterocycles. The Hall–Kier alpha value is -4.54. The van der Waals surface area contributed by atoms with Gasteiger partial charge in [-0.25, -0.2) is 19.6 Å². The summed E-state index contributed by atoms with van der Waals surface area (Å²) in [5.41, 5.74) is 4.79. The van der Waals surface area contributed by atoms with Crippen LogP contribution in [0.2, 0.25) is 0 Å². The number of hydrogen-bond donors (Lipinski definition) is 3. The van der Waals surface area contributed by atoms with Crippen molar-refractivity contribution in [2.24, 2.45) is 0 Å². The van der Waals surface area contributed by atoms with Crippen molar-refractivity contribution in [1.29, 1.82) is 0 Å². The van der Waals surface area contributed by atoms with E-state index in [-0.39, 0.29) is 12.1 Å². The lowest BCUT2D eigenvalue weighted by molar-refractivity contribution is 0.177. The molecule has 2 aliphatic rings. The highest BCUT2D eigenvalue weighted by Crippen LogP contribution is 2.29. The van der Waals surface area contributed by atoms with E-state index in [1.807, 2.05) is 42.2 Å². The molecule has 1 fully saturated rings. The summed E-state index contributed by atoms with van der Waals surface area (Å²) in [7, 11) is 1.65. The minimum Gasteiger partial charge on any atom is -0.497 e. The summed E-state index contributed by atoms with van der Waals surface area (Å²) >= 11 is 0. The third-order valence-corrected chi connectivity index (χ3v) is 7.32. The molecule has 2 amide bonds. The maximum atomic E-state index is 13.0. The molecule has 2 aromatic heterocycles. The number of piperidine rings is 1. The molecule has 0 saturated carbocycles. The molecule has 0 radical (unpaired) electrons. The maximum Gasteiger partial charge on any atom is 0.417 e. The van der Waals surface area contributed by atoms with Crippen molar-refractivity contribution < 1.29 is 13.9 Å². The van der Waals surface area contributed by atoms with Gasteiger partial charge in [0.2, 0.25) is 0 Å². The van der Waals surface area contributed by atoms with Crippen molar-refractivity contribution >= 4 is 40.1 Å². The Balaban J connectivity index is 1.11. The van der Waals surface area contributed by atoms with Gasteiger partial charge in [-0.05, 0) is 61.6 Å². The zero-order valence-electron chi connectivity index (χ0n) is 21.3. The molecule has 4 heterocycles. The number of oxazole rings is 1. The van der Waals surface area contributed by atoms with Gasteiger partial charge in [0, 0.05) is 49.2 Å². The lowest BCUT2D eigenvalue weighted by Gasteiger charge is -2.38. The zero-order chi connectivity index (χ0) is 26.2. The van der Waals surface area contributed by atoms with Crippen LogP contribution in [0.15, 0.2) is 51.9 Å². The van der Waals surface area contributed by atoms with Crippen LogP contribution in [0.4, 0.5) is 27.8 Å². The number of ether oxygens (including phenoxy) is 1. The Kier molecular flexibility index (Phi) is 6.10. The van der Waals surface area contributed by atoms with Crippen molar-refractivity contribution in [3.05, 3.63) is 64.4 Å². The number of fused-ring (bicyclic) bond motifs is 2. The van der Waals surface area contributed by atoms with E-state index in [0.29, 0.717) is 23.5 Å². The summed E-state index contributed by atoms with van der Waals surface area (Å²) in [6.45, 7) is 4.15. The summed E-state index contributed by atoms with van der Waals surface area (Å²) in [5, 5.41) is 6.37. The van der Waals surface area contributed by atoms with E-state index in [1.165, 1.54) is 0 Å². The van der Waals surface area contributed by atoms with Crippen LogP contribution in [-0.2, 0) is 6.42 Å². The highest BCUT2D eigenvalue weighted by molar-refractivity contribution is 5.91. The molecule has 3 N–H and O–H groups in total. The highest BCUT2D eigenvalue weighted by Gasteiger charge is 2.30. The number of benzene rings is 2. The van der Waals surface area contributed by atoms with Crippen LogP contribution in [-0.4, -0.2) is 58.7 Å². The number of aromatic nitrogens is 3. The molecule has 0 bridgehead atoms. The quantitative estimate of drug-likeness (QED) is 0.363. The Morgan fingerprint density at radius 1 is 1.08 bits per heavy atom. The molecule has 11 nitrogen and oxygen atoms in total. The lowest BCUT2D eigenvalue weighted by Crippen LogP contribution is -2.49. The molecule has 0 unspecified atom stereocenters. The Morgan fingerprint density at radius 3 is 2.74 bits per heavy atom. The average molecular weight is 516 g/mol. The van der Waals surface area contributed by atoms with Gasteiger partial charge >= 0.3 is 11.8 Å². The summed E-state index contributed by atoms with van der Waals surface area (Å²) in [5.74, 6) is 1.79. The number of methoxy groups -OCH3 is 1. The number of H-pyrrole nitrogens is 1. The number of rotatable bonds is 5. The summed E-state index contributed by atoms with van der Waals surface area (Å²) in [6, 6.07) is 11.5. The SMILES string of the molecule is COc1ccc2c(c1)CCN(C1CCN(c3cc(Nc4cc(C)c5[nH]c(=O)oc5c4)ncn3)CC1)C(=O)N2. The topological polar surface area (TPSA) is 129 Å². The predicted octanol–water partition coefficient (Wildman–Crippen LogP) is 4.03. The van der Waals surface area contributed by atoms with Crippen molar-refractivity contribution in [2.45, 2.75) is 32.2 Å². The van der Waals surface area contributed by atoms with E-state index in [9.17, 15) is 9.59 Å². The van der Waals surface area contributed by atoms with Crippen LogP contribution in [0.25, 0.3) is 11.1 Å². The number of carbonyl (C=O) groups is 1. The molecule has 11 heteroatoms. The van der Waals surface area contributed by atoms with Gasteiger partial charge in [-0.3, -0.25) is 4.98 Å². The van der Waals surface area contributed by atoms with Gasteiger partial charge in [0.1, 0.15) is 23.7 Å². The minimum atomic E-state index is -0.476. The van der Waals surface area contributed by atoms with Gasteiger partial charge in [0.15, 0.2) is 5.58 Å². The van der Waals surface area contributed by atoms with Gasteiger partial charge in [-0.2, -0.15) is 0 Å². The zero-order valence-corrected chi connectivity index (χ0v) is 21.3. The van der Waals surface area contributed by atoms with E-state index in [4.69, 9.17) is 9.15 Å². The number of hydrogen-bond acceptors (Lipinski definition) is 8. The first-order chi connectivity index (χ1) is 18.5. The van der Waals surface area contributed by atoms with Crippen LogP contribution in [0.5, 0.6) is 5.75 Å². The van der Waals surface area contributed by atoms with E-state index in [1.54, 1.807) is 19.5 Å². The van der Waals surface area contributed by atoms with Crippen LogP contribution in [0.3, 0.4) is 0 Å². The molecule has 38 heavy (non-hydrogen) atoms. The Bertz CT molecular complexity index is 1550. The molecule has 6 rings (SSSR count). The number of nitrogens with one attached hydrogen (secondary N) is 3. The molecule has 2 aromatic carbocycles. The second kappa shape index (κ2) is 9.73. The number of carbonyl (C=O) groups excluding carboxylic acids is 1. The molecular formula is C27H29N7O4. The number of amides is 2. The van der Waals surface area contributed by atoms with E-state index in [0.717, 1.165) is 66.4 Å². The monoisotopic (exact) mass is 515 g/mol. The predicted molar refractivity (Wildman–Crippen MR) is 145 cm³/mol. The van der Waals surface area contributed by atoms with E-state index >= 15 is 0 Å². The van der Waals surface area contributed by atoms with Crippen LogP contribution >= 0.6 is 0 Å². The van der Waals surface area contributed by atoms with Crippen molar-refractivity contribution in [3.63, 3.8) is 0 Å². The number of aryl methyl sites for hydroxylation is 1. The maximum absolute atomic E-state index is 13.0. The molecular weight excluding hydrogens is 486 g/mol. The fraction of sp³-hybridized carbons (Fsp3) is 0.333. The normalized spacial score (nSPS) is 16.2. The lowest BCUT2D eigenvalue weighted by atomic mass is 10.0. The summed E-state index contributed by atoms with van der Waals surface area (Å²) in [6.07, 6.45) is 4.02. The first-order valence-electron chi connectivity index (χ1n) is 12.7. The summed E-state index contributed by atoms with van der Waals surface area (Å²) in [4.78, 5) is 40.3. The van der Waals surface area contributed by atoms with Gasteiger partial charge in [0.05, 0.1) is 12.6 Å². The first-order valence-corrected chi connectivity index (χ1v) is 12.7. The van der Waals surface area contributed by atoms with Gasteiger partial charge in [-0.1, -0.05) is 0 Å². The van der Waals surface area contributed by atoms with Crippen LogP contribution in [0, 0.1) is 6.92 Å². The van der Waals surface area contributed by atoms with Gasteiger partial charge in [-0.15, -0.1) is 0 Å². The second-order valence-electron chi connectivity index (χ2n) is 9.68. The van der Waals surface area contributed by atoms with Gasteiger partial charge < -0.3 is 29.6 Å². The summed E-state index contributed by atoms with van der Waals surface area (Å²) < 4.78 is 10.6. The van der Waals surface area contributed by atoms with Crippen molar-refractivity contribution in [3.8, 4) is 5.75 Å². The molecule has 0 atom stereocenters. The molecule has 2 aliphatic heterocycles. The van der Waals surface area contributed by atoms with E-state index < -0.39 is 5.76 Å². The number of urea groups is 1. The standard InChI is InChI=1S/C27H29N7O4/c1-16-11-18(13-22-25(16)32-27(36)38-22)30-23-14-24(29-15-28-23)33-8-6-19(7-9-33)34-10-5-17-12-20(37-2)3-4-21(17)31-26(34)35/h3-4,11-15,19H,5-10H2,1-2H3,(H,31,35)(H,32,36)(H,28,29,30). The molecule has 196 valence electrons. The molecule has 4 aromatic rings. The average Bonchev–Trinajstić information content (AvgIpc) is 3.22. The fourth-order valence-corrected chi connectivity index (χ4v) is 5.34. The highest BCUT2D eigenvalue weighted by atomic mass is 16.5. The third kappa shape index (κ3) is 4.62. The number of anilines is 4. The number of nitrogens with zero attached hydrogens (tertiary/aromatic N) is 4. The van der Waals surface area contributed by atoms with Crippen LogP contribution < -0.4 is 26.0 Å². The molecule has 0 spiro atoms. The third-order valence-electron chi connectivity index (χ3n) is 7.32. The fourth-order valence-electron chi connectivity index (χ4n) is 5.34. The Morgan fingerprint density at radius 2 is 1.92 bits per heavy atom. The molecule has 0 aliphatic carbocycles. The van der Waals surface area contributed by atoms with Crippen LogP contribution in [0.1, 0.15) is 24.0 Å². The Labute approximate surface area is 218 Å². The number of aromatic amines is 1. The smallest absolute Gasteiger partial charge is 0.417 e. The minimum absolute atomic E-state index is 0.0496. The van der Waals surface area contributed by atoms with Gasteiger partial charge in [0.25, 0.3) is 0 Å². The largest absolute Gasteiger partial charge is 0.497 e.